The number of benzene rings is 1. The third-order valence-electron chi connectivity index (χ3n) is 2.17. The summed E-state index contributed by atoms with van der Waals surface area (Å²) in [6.07, 6.45) is -1.89. The first kappa shape index (κ1) is 10.5. The minimum Gasteiger partial charge on any atom is -0.288 e. The van der Waals surface area contributed by atoms with Gasteiger partial charge in [-0.05, 0) is 0 Å². The van der Waals surface area contributed by atoms with E-state index in [4.69, 9.17) is 0 Å². The summed E-state index contributed by atoms with van der Waals surface area (Å²) in [5.41, 5.74) is 0.899. The molecule has 1 N–H and O–H groups in total. The minimum absolute atomic E-state index is 0.0822. The number of nitrogens with one attached hydrogen (secondary N) is 1. The molecule has 0 amide bonds. The zero-order chi connectivity index (χ0) is 11.5. The number of carbonyl (C=O) groups excluding carboxylic acids is 1. The normalized spacial score (nSPS) is 10.7. The van der Waals surface area contributed by atoms with Crippen molar-refractivity contribution in [3.8, 4) is 11.3 Å². The predicted octanol–water partition coefficient (Wildman–Crippen LogP) is 2.52. The van der Waals surface area contributed by atoms with Gasteiger partial charge in [-0.3, -0.25) is 9.89 Å². The molecule has 0 fully saturated rings. The molecule has 82 valence electrons. The average molecular weight is 222 g/mol. The van der Waals surface area contributed by atoms with Crippen LogP contribution >= 0.6 is 0 Å². The number of carbonyl (C=O) groups is 1. The quantitative estimate of drug-likeness (QED) is 0.811. The van der Waals surface area contributed by atoms with Crippen LogP contribution < -0.4 is 0 Å². The molecule has 2 rings (SSSR count). The highest BCUT2D eigenvalue weighted by Crippen LogP contribution is 2.22. The fourth-order valence-electron chi connectivity index (χ4n) is 1.42. The van der Waals surface area contributed by atoms with E-state index >= 15 is 0 Å². The van der Waals surface area contributed by atoms with Crippen LogP contribution in [0.25, 0.3) is 11.3 Å². The number of alkyl halides is 2. The van der Waals surface area contributed by atoms with Gasteiger partial charge in [0.15, 0.2) is 0 Å². The first-order chi connectivity index (χ1) is 7.70. The largest absolute Gasteiger partial charge is 0.300 e. The number of nitrogens with zero attached hydrogens (tertiary/aromatic N) is 1. The van der Waals surface area contributed by atoms with Crippen LogP contribution in [0.2, 0.25) is 0 Å². The van der Waals surface area contributed by atoms with Crippen LogP contribution in [0.1, 0.15) is 10.4 Å². The molecule has 1 aromatic heterocycles. The van der Waals surface area contributed by atoms with Crippen molar-refractivity contribution in [2.75, 3.05) is 0 Å². The van der Waals surface area contributed by atoms with E-state index in [9.17, 15) is 13.6 Å². The Morgan fingerprint density at radius 3 is 2.56 bits per heavy atom. The number of halogens is 2. The summed E-state index contributed by atoms with van der Waals surface area (Å²) < 4.78 is 24.6. The molecular formula is C11H8F2N2O. The summed E-state index contributed by atoms with van der Waals surface area (Å²) >= 11 is 0. The van der Waals surface area contributed by atoms with Crippen molar-refractivity contribution in [1.82, 2.24) is 10.2 Å². The van der Waals surface area contributed by atoms with Crippen LogP contribution in [-0.2, 0) is 0 Å². The summed E-state index contributed by atoms with van der Waals surface area (Å²) in [5.74, 6) is -1.22. The van der Waals surface area contributed by atoms with Crippen LogP contribution in [0.15, 0.2) is 36.5 Å². The minimum atomic E-state index is -3.01. The van der Waals surface area contributed by atoms with Crippen LogP contribution in [0.4, 0.5) is 8.78 Å². The Hall–Kier alpha value is -2.04. The lowest BCUT2D eigenvalue weighted by Crippen LogP contribution is -2.10. The van der Waals surface area contributed by atoms with Gasteiger partial charge in [0.05, 0.1) is 17.5 Å². The monoisotopic (exact) mass is 222 g/mol. The maximum absolute atomic E-state index is 12.3. The topological polar surface area (TPSA) is 45.8 Å². The molecule has 16 heavy (non-hydrogen) atoms. The first-order valence-electron chi connectivity index (χ1n) is 4.61. The van der Waals surface area contributed by atoms with Gasteiger partial charge < -0.3 is 0 Å². The Balaban J connectivity index is 2.45. The standard InChI is InChI=1S/C11H8F2N2O/c12-11(13)10(16)8-6-14-15-9(8)7-4-2-1-3-5-7/h1-6,11H,(H,14,15). The fraction of sp³-hybridized carbons (Fsp3) is 0.0909. The van der Waals surface area contributed by atoms with Crippen molar-refractivity contribution in [1.29, 1.82) is 0 Å². The predicted molar refractivity (Wildman–Crippen MR) is 54.4 cm³/mol. The molecule has 0 bridgehead atoms. The Labute approximate surface area is 90.1 Å². The second kappa shape index (κ2) is 4.22. The summed E-state index contributed by atoms with van der Waals surface area (Å²) in [6.45, 7) is 0. The SMILES string of the molecule is O=C(c1cn[nH]c1-c1ccccc1)C(F)F. The molecule has 1 aromatic carbocycles. The average Bonchev–Trinajstić information content (AvgIpc) is 2.77. The Kier molecular flexibility index (Phi) is 2.76. The van der Waals surface area contributed by atoms with Crippen LogP contribution in [0.3, 0.4) is 0 Å². The van der Waals surface area contributed by atoms with Gasteiger partial charge in [-0.25, -0.2) is 8.78 Å². The molecule has 2 aromatic rings. The third kappa shape index (κ3) is 1.84. The highest BCUT2D eigenvalue weighted by molar-refractivity contribution is 6.03. The molecule has 0 saturated heterocycles. The molecule has 3 nitrogen and oxygen atoms in total. The molecule has 0 atom stereocenters. The summed E-state index contributed by atoms with van der Waals surface area (Å²) in [5, 5.41) is 6.18. The zero-order valence-corrected chi connectivity index (χ0v) is 8.15. The van der Waals surface area contributed by atoms with Gasteiger partial charge in [0, 0.05) is 5.56 Å². The highest BCUT2D eigenvalue weighted by atomic mass is 19.3. The number of ketones is 1. The number of aromatic nitrogens is 2. The number of hydrogen-bond acceptors (Lipinski definition) is 2. The Bertz CT molecular complexity index is 494. The van der Waals surface area contributed by atoms with Crippen molar-refractivity contribution in [3.63, 3.8) is 0 Å². The number of hydrogen-bond donors (Lipinski definition) is 1. The van der Waals surface area contributed by atoms with Gasteiger partial charge in [-0.2, -0.15) is 5.10 Å². The van der Waals surface area contributed by atoms with E-state index in [1.54, 1.807) is 30.3 Å². The molecule has 0 aliphatic rings. The van der Waals surface area contributed by atoms with Crippen LogP contribution in [0.5, 0.6) is 0 Å². The van der Waals surface area contributed by atoms with E-state index in [2.05, 4.69) is 10.2 Å². The lowest BCUT2D eigenvalue weighted by molar-refractivity contribution is 0.0679. The smallest absolute Gasteiger partial charge is 0.288 e. The van der Waals surface area contributed by atoms with Crippen LogP contribution in [-0.4, -0.2) is 22.4 Å². The van der Waals surface area contributed by atoms with Crippen LogP contribution in [0, 0.1) is 0 Å². The maximum Gasteiger partial charge on any atom is 0.300 e. The van der Waals surface area contributed by atoms with E-state index < -0.39 is 12.2 Å². The van der Waals surface area contributed by atoms with E-state index in [1.807, 2.05) is 0 Å². The lowest BCUT2D eigenvalue weighted by Gasteiger charge is -2.01. The van der Waals surface area contributed by atoms with Crippen molar-refractivity contribution < 1.29 is 13.6 Å². The van der Waals surface area contributed by atoms with Gasteiger partial charge in [0.2, 0.25) is 5.78 Å². The van der Waals surface area contributed by atoms with Gasteiger partial charge >= 0.3 is 6.43 Å². The van der Waals surface area contributed by atoms with Crippen molar-refractivity contribution in [2.24, 2.45) is 0 Å². The summed E-state index contributed by atoms with van der Waals surface area (Å²) in [6, 6.07) is 8.75. The number of aromatic amines is 1. The molecule has 0 unspecified atom stereocenters. The maximum atomic E-state index is 12.3. The lowest BCUT2D eigenvalue weighted by atomic mass is 10.1. The second-order valence-corrected chi connectivity index (χ2v) is 3.19. The number of Topliss-reactive ketones (excluding diaryl/α,β-unsaturated/α-hetero) is 1. The van der Waals surface area contributed by atoms with Crippen molar-refractivity contribution in [3.05, 3.63) is 42.1 Å². The number of rotatable bonds is 3. The van der Waals surface area contributed by atoms with Crippen molar-refractivity contribution >= 4 is 5.78 Å². The molecule has 5 heteroatoms. The van der Waals surface area contributed by atoms with Gasteiger partial charge in [-0.1, -0.05) is 30.3 Å². The molecule has 0 aliphatic carbocycles. The van der Waals surface area contributed by atoms with Gasteiger partial charge in [0.25, 0.3) is 0 Å². The molecule has 1 heterocycles. The van der Waals surface area contributed by atoms with E-state index in [-0.39, 0.29) is 5.56 Å². The second-order valence-electron chi connectivity index (χ2n) is 3.19. The molecule has 0 saturated carbocycles. The Morgan fingerprint density at radius 1 is 1.25 bits per heavy atom. The molecule has 0 radical (unpaired) electrons. The summed E-state index contributed by atoms with van der Waals surface area (Å²) in [7, 11) is 0. The van der Waals surface area contributed by atoms with E-state index in [1.165, 1.54) is 0 Å². The molecule has 0 aliphatic heterocycles. The third-order valence-corrected chi connectivity index (χ3v) is 2.17. The van der Waals surface area contributed by atoms with E-state index in [0.29, 0.717) is 11.3 Å². The Morgan fingerprint density at radius 2 is 1.94 bits per heavy atom. The fourth-order valence-corrected chi connectivity index (χ4v) is 1.42. The number of H-pyrrole nitrogens is 1. The molecule has 0 spiro atoms. The zero-order valence-electron chi connectivity index (χ0n) is 8.15. The van der Waals surface area contributed by atoms with Gasteiger partial charge in [0.1, 0.15) is 0 Å². The first-order valence-corrected chi connectivity index (χ1v) is 4.61. The van der Waals surface area contributed by atoms with Crippen molar-refractivity contribution in [2.45, 2.75) is 6.43 Å². The molecular weight excluding hydrogens is 214 g/mol. The van der Waals surface area contributed by atoms with Gasteiger partial charge in [-0.15, -0.1) is 0 Å². The highest BCUT2D eigenvalue weighted by Gasteiger charge is 2.22. The summed E-state index contributed by atoms with van der Waals surface area (Å²) in [4.78, 5) is 11.2. The van der Waals surface area contributed by atoms with E-state index in [0.717, 1.165) is 6.20 Å².